The van der Waals surface area contributed by atoms with Crippen molar-refractivity contribution in [2.45, 2.75) is 5.75 Å². The number of furan rings is 1. The number of halogens is 1. The van der Waals surface area contributed by atoms with Crippen molar-refractivity contribution >= 4 is 17.7 Å². The van der Waals surface area contributed by atoms with Gasteiger partial charge in [-0.25, -0.2) is 4.39 Å². The maximum absolute atomic E-state index is 12.7. The molecular weight excluding hydrogens is 265 g/mol. The van der Waals surface area contributed by atoms with Gasteiger partial charge in [0.15, 0.2) is 0 Å². The zero-order chi connectivity index (χ0) is 13.5. The van der Waals surface area contributed by atoms with E-state index in [9.17, 15) is 9.18 Å². The Morgan fingerprint density at radius 2 is 2.05 bits per heavy atom. The molecule has 1 amide bonds. The van der Waals surface area contributed by atoms with Crippen LogP contribution in [0.4, 0.5) is 4.39 Å². The first-order valence-corrected chi connectivity index (χ1v) is 7.05. The topological polar surface area (TPSA) is 42.2 Å². The highest BCUT2D eigenvalue weighted by Crippen LogP contribution is 2.11. The third kappa shape index (κ3) is 4.44. The molecule has 0 atom stereocenters. The number of carbonyl (C=O) groups is 1. The number of amides is 1. The Balaban J connectivity index is 1.65. The average molecular weight is 279 g/mol. The third-order valence-corrected chi connectivity index (χ3v) is 3.44. The summed E-state index contributed by atoms with van der Waals surface area (Å²) < 4.78 is 17.9. The van der Waals surface area contributed by atoms with E-state index >= 15 is 0 Å². The van der Waals surface area contributed by atoms with Gasteiger partial charge in [0.1, 0.15) is 11.6 Å². The minimum atomic E-state index is -0.342. The molecule has 0 aliphatic rings. The molecule has 0 aliphatic heterocycles. The quantitative estimate of drug-likeness (QED) is 0.826. The van der Waals surface area contributed by atoms with Gasteiger partial charge in [-0.2, -0.15) is 11.8 Å². The number of hydrogen-bond donors (Lipinski definition) is 1. The monoisotopic (exact) mass is 279 g/mol. The van der Waals surface area contributed by atoms with Gasteiger partial charge in [-0.1, -0.05) is 0 Å². The number of nitrogens with one attached hydrogen (secondary N) is 1. The second kappa shape index (κ2) is 6.99. The van der Waals surface area contributed by atoms with E-state index in [4.69, 9.17) is 4.42 Å². The van der Waals surface area contributed by atoms with Gasteiger partial charge in [-0.15, -0.1) is 0 Å². The molecule has 1 aromatic heterocycles. The number of carbonyl (C=O) groups excluding carboxylic acids is 1. The molecule has 5 heteroatoms. The minimum absolute atomic E-state index is 0.182. The summed E-state index contributed by atoms with van der Waals surface area (Å²) in [4.78, 5) is 11.7. The van der Waals surface area contributed by atoms with Gasteiger partial charge in [-0.05, 0) is 36.4 Å². The summed E-state index contributed by atoms with van der Waals surface area (Å²) in [5.41, 5.74) is 0.470. The molecule has 0 saturated carbocycles. The number of hydrogen-bond acceptors (Lipinski definition) is 3. The Labute approximate surface area is 115 Å². The molecule has 2 rings (SSSR count). The molecule has 3 nitrogen and oxygen atoms in total. The zero-order valence-corrected chi connectivity index (χ0v) is 11.1. The van der Waals surface area contributed by atoms with E-state index in [1.165, 1.54) is 24.3 Å². The smallest absolute Gasteiger partial charge is 0.251 e. The van der Waals surface area contributed by atoms with E-state index in [0.29, 0.717) is 12.1 Å². The number of thioether (sulfide) groups is 1. The molecule has 0 radical (unpaired) electrons. The van der Waals surface area contributed by atoms with Crippen LogP contribution >= 0.6 is 11.8 Å². The Morgan fingerprint density at radius 1 is 1.26 bits per heavy atom. The van der Waals surface area contributed by atoms with Crippen molar-refractivity contribution in [3.8, 4) is 0 Å². The predicted octanol–water partition coefficient (Wildman–Crippen LogP) is 3.08. The molecule has 0 saturated heterocycles. The van der Waals surface area contributed by atoms with Crippen molar-refractivity contribution in [2.75, 3.05) is 12.3 Å². The summed E-state index contributed by atoms with van der Waals surface area (Å²) in [6.07, 6.45) is 1.65. The fourth-order valence-corrected chi connectivity index (χ4v) is 2.26. The zero-order valence-electron chi connectivity index (χ0n) is 10.3. The van der Waals surface area contributed by atoms with E-state index in [0.717, 1.165) is 17.3 Å². The van der Waals surface area contributed by atoms with Crippen molar-refractivity contribution in [3.05, 3.63) is 59.8 Å². The van der Waals surface area contributed by atoms with Crippen molar-refractivity contribution in [1.82, 2.24) is 5.32 Å². The van der Waals surface area contributed by atoms with Crippen LogP contribution in [0, 0.1) is 5.82 Å². The van der Waals surface area contributed by atoms with E-state index in [2.05, 4.69) is 5.32 Å². The number of rotatable bonds is 6. The maximum Gasteiger partial charge on any atom is 0.251 e. The Hall–Kier alpha value is -1.75. The lowest BCUT2D eigenvalue weighted by Crippen LogP contribution is -2.25. The lowest BCUT2D eigenvalue weighted by atomic mass is 10.2. The second-order valence-electron chi connectivity index (χ2n) is 3.89. The highest BCUT2D eigenvalue weighted by Gasteiger charge is 2.04. The first kappa shape index (κ1) is 13.7. The average Bonchev–Trinajstić information content (AvgIpc) is 2.92. The Kier molecular flexibility index (Phi) is 5.03. The van der Waals surface area contributed by atoms with Crippen LogP contribution in [0.2, 0.25) is 0 Å². The standard InChI is InChI=1S/C14H14FNO2S/c15-12-5-3-11(4-6-12)14(17)16-7-9-19-10-13-2-1-8-18-13/h1-6,8H,7,9-10H2,(H,16,17). The second-order valence-corrected chi connectivity index (χ2v) is 5.00. The van der Waals surface area contributed by atoms with E-state index in [-0.39, 0.29) is 11.7 Å². The summed E-state index contributed by atoms with van der Waals surface area (Å²) in [5.74, 6) is 1.99. The van der Waals surface area contributed by atoms with Gasteiger partial charge in [0.05, 0.1) is 12.0 Å². The summed E-state index contributed by atoms with van der Waals surface area (Å²) in [7, 11) is 0. The Bertz CT molecular complexity index is 511. The SMILES string of the molecule is O=C(NCCSCc1ccco1)c1ccc(F)cc1. The van der Waals surface area contributed by atoms with Crippen LogP contribution in [0.3, 0.4) is 0 Å². The first-order chi connectivity index (χ1) is 9.25. The third-order valence-electron chi connectivity index (χ3n) is 2.46. The lowest BCUT2D eigenvalue weighted by molar-refractivity contribution is 0.0956. The molecular formula is C14H14FNO2S. The molecule has 0 aliphatic carbocycles. The van der Waals surface area contributed by atoms with Gasteiger partial charge in [-0.3, -0.25) is 4.79 Å². The highest BCUT2D eigenvalue weighted by molar-refractivity contribution is 7.98. The molecule has 0 fully saturated rings. The summed E-state index contributed by atoms with van der Waals surface area (Å²) in [5, 5.41) is 2.79. The normalized spacial score (nSPS) is 10.4. The van der Waals surface area contributed by atoms with E-state index in [1.54, 1.807) is 18.0 Å². The van der Waals surface area contributed by atoms with Crippen LogP contribution < -0.4 is 5.32 Å². The van der Waals surface area contributed by atoms with Crippen LogP contribution in [0.1, 0.15) is 16.1 Å². The van der Waals surface area contributed by atoms with Crippen LogP contribution in [-0.2, 0) is 5.75 Å². The molecule has 2 aromatic rings. The van der Waals surface area contributed by atoms with Crippen molar-refractivity contribution in [1.29, 1.82) is 0 Å². The molecule has 1 N–H and O–H groups in total. The summed E-state index contributed by atoms with van der Waals surface area (Å²) in [6, 6.07) is 9.28. The molecule has 0 unspecified atom stereocenters. The van der Waals surface area contributed by atoms with Gasteiger partial charge in [0.2, 0.25) is 0 Å². The van der Waals surface area contributed by atoms with Gasteiger partial charge in [0, 0.05) is 17.9 Å². The summed E-state index contributed by atoms with van der Waals surface area (Å²) >= 11 is 1.68. The van der Waals surface area contributed by atoms with E-state index in [1.807, 2.05) is 12.1 Å². The molecule has 1 aromatic carbocycles. The van der Waals surface area contributed by atoms with E-state index < -0.39 is 0 Å². The van der Waals surface area contributed by atoms with Crippen molar-refractivity contribution in [2.24, 2.45) is 0 Å². The maximum atomic E-state index is 12.7. The van der Waals surface area contributed by atoms with Crippen molar-refractivity contribution < 1.29 is 13.6 Å². The van der Waals surface area contributed by atoms with Crippen LogP contribution in [0.15, 0.2) is 47.1 Å². The van der Waals surface area contributed by atoms with Gasteiger partial charge in [0.25, 0.3) is 5.91 Å². The minimum Gasteiger partial charge on any atom is -0.468 e. The predicted molar refractivity (Wildman–Crippen MR) is 73.6 cm³/mol. The molecule has 0 bridgehead atoms. The summed E-state index contributed by atoms with van der Waals surface area (Å²) in [6.45, 7) is 0.571. The van der Waals surface area contributed by atoms with Crippen LogP contribution in [-0.4, -0.2) is 18.2 Å². The van der Waals surface area contributed by atoms with Gasteiger partial charge >= 0.3 is 0 Å². The first-order valence-electron chi connectivity index (χ1n) is 5.89. The molecule has 19 heavy (non-hydrogen) atoms. The highest BCUT2D eigenvalue weighted by atomic mass is 32.2. The number of benzene rings is 1. The van der Waals surface area contributed by atoms with Crippen molar-refractivity contribution in [3.63, 3.8) is 0 Å². The Morgan fingerprint density at radius 3 is 2.74 bits per heavy atom. The largest absolute Gasteiger partial charge is 0.468 e. The van der Waals surface area contributed by atoms with Gasteiger partial charge < -0.3 is 9.73 Å². The fraction of sp³-hybridized carbons (Fsp3) is 0.214. The molecule has 100 valence electrons. The fourth-order valence-electron chi connectivity index (χ4n) is 1.51. The molecule has 1 heterocycles. The van der Waals surface area contributed by atoms with Crippen LogP contribution in [0.25, 0.3) is 0 Å². The van der Waals surface area contributed by atoms with Crippen LogP contribution in [0.5, 0.6) is 0 Å². The lowest BCUT2D eigenvalue weighted by Gasteiger charge is -2.04. The molecule has 0 spiro atoms.